The molecule has 1 aliphatic rings. The fourth-order valence-corrected chi connectivity index (χ4v) is 2.64. The maximum atomic E-state index is 13.6. The fourth-order valence-electron chi connectivity index (χ4n) is 2.64. The van der Waals surface area contributed by atoms with Gasteiger partial charge in [-0.25, -0.2) is 4.39 Å². The molecule has 7 heteroatoms. The highest BCUT2D eigenvalue weighted by Gasteiger charge is 2.19. The number of benzene rings is 2. The summed E-state index contributed by atoms with van der Waals surface area (Å²) in [6.07, 6.45) is 0. The first-order valence-electron chi connectivity index (χ1n) is 7.94. The van der Waals surface area contributed by atoms with Crippen molar-refractivity contribution in [1.82, 2.24) is 10.9 Å². The maximum Gasteiger partial charge on any atom is 0.272 e. The summed E-state index contributed by atoms with van der Waals surface area (Å²) in [4.78, 5) is 26.5. The predicted octanol–water partition coefficient (Wildman–Crippen LogP) is 1.74. The zero-order chi connectivity index (χ0) is 17.6. The second-order valence-corrected chi connectivity index (χ2v) is 5.50. The third kappa shape index (κ3) is 3.95. The zero-order valence-corrected chi connectivity index (χ0v) is 13.5. The van der Waals surface area contributed by atoms with Gasteiger partial charge in [-0.15, -0.1) is 0 Å². The standard InChI is InChI=1S/C18H18FN3O3/c19-15-7-3-1-5-13(15)17(23)20-21-18(24)14-6-2-4-8-16(14)22-9-11-25-12-10-22/h1-8H,9-12H2,(H,20,23)(H,21,24). The van der Waals surface area contributed by atoms with E-state index in [0.717, 1.165) is 5.69 Å². The Morgan fingerprint density at radius 2 is 1.44 bits per heavy atom. The number of halogens is 1. The molecule has 25 heavy (non-hydrogen) atoms. The van der Waals surface area contributed by atoms with Crippen LogP contribution in [0.2, 0.25) is 0 Å². The van der Waals surface area contributed by atoms with E-state index in [1.807, 2.05) is 12.1 Å². The molecule has 3 rings (SSSR count). The molecule has 0 saturated carbocycles. The Labute approximate surface area is 144 Å². The average molecular weight is 343 g/mol. The summed E-state index contributed by atoms with van der Waals surface area (Å²) < 4.78 is 18.9. The molecule has 0 spiro atoms. The van der Waals surface area contributed by atoms with Gasteiger partial charge in [-0.1, -0.05) is 24.3 Å². The summed E-state index contributed by atoms with van der Waals surface area (Å²) in [5, 5.41) is 0. The smallest absolute Gasteiger partial charge is 0.272 e. The molecule has 0 aromatic heterocycles. The van der Waals surface area contributed by atoms with Crippen LogP contribution in [0.25, 0.3) is 0 Å². The normalized spacial score (nSPS) is 14.0. The predicted molar refractivity (Wildman–Crippen MR) is 90.8 cm³/mol. The second kappa shape index (κ2) is 7.76. The molecule has 2 aromatic rings. The van der Waals surface area contributed by atoms with E-state index in [2.05, 4.69) is 15.8 Å². The molecule has 0 radical (unpaired) electrons. The van der Waals surface area contributed by atoms with E-state index in [1.165, 1.54) is 18.2 Å². The minimum absolute atomic E-state index is 0.135. The van der Waals surface area contributed by atoms with Gasteiger partial charge in [0, 0.05) is 18.8 Å². The van der Waals surface area contributed by atoms with Crippen molar-refractivity contribution in [3.8, 4) is 0 Å². The second-order valence-electron chi connectivity index (χ2n) is 5.50. The molecule has 1 fully saturated rings. The number of amides is 2. The van der Waals surface area contributed by atoms with Crippen molar-refractivity contribution >= 4 is 17.5 Å². The molecule has 0 aliphatic carbocycles. The summed E-state index contributed by atoms with van der Waals surface area (Å²) >= 11 is 0. The van der Waals surface area contributed by atoms with E-state index in [1.54, 1.807) is 18.2 Å². The number of nitrogens with one attached hydrogen (secondary N) is 2. The van der Waals surface area contributed by atoms with E-state index in [0.29, 0.717) is 31.9 Å². The third-order valence-electron chi connectivity index (χ3n) is 3.91. The molecule has 130 valence electrons. The molecule has 1 heterocycles. The fraction of sp³-hybridized carbons (Fsp3) is 0.222. The Balaban J connectivity index is 1.69. The molecule has 1 saturated heterocycles. The van der Waals surface area contributed by atoms with Crippen LogP contribution in [0.4, 0.5) is 10.1 Å². The minimum atomic E-state index is -0.713. The van der Waals surface area contributed by atoms with Gasteiger partial charge in [-0.3, -0.25) is 20.4 Å². The lowest BCUT2D eigenvalue weighted by Crippen LogP contribution is -2.43. The van der Waals surface area contributed by atoms with E-state index in [-0.39, 0.29) is 5.56 Å². The number of hydrazine groups is 1. The van der Waals surface area contributed by atoms with Crippen LogP contribution in [0.1, 0.15) is 20.7 Å². The summed E-state index contributed by atoms with van der Waals surface area (Å²) in [7, 11) is 0. The van der Waals surface area contributed by atoms with Crippen molar-refractivity contribution in [2.75, 3.05) is 31.2 Å². The minimum Gasteiger partial charge on any atom is -0.378 e. The number of hydrogen-bond acceptors (Lipinski definition) is 4. The van der Waals surface area contributed by atoms with E-state index >= 15 is 0 Å². The van der Waals surface area contributed by atoms with Crippen molar-refractivity contribution in [2.24, 2.45) is 0 Å². The lowest BCUT2D eigenvalue weighted by Gasteiger charge is -2.30. The topological polar surface area (TPSA) is 70.7 Å². The van der Waals surface area contributed by atoms with E-state index in [9.17, 15) is 14.0 Å². The van der Waals surface area contributed by atoms with Crippen molar-refractivity contribution in [2.45, 2.75) is 0 Å². The van der Waals surface area contributed by atoms with Crippen LogP contribution in [0.5, 0.6) is 0 Å². The SMILES string of the molecule is O=C(NNC(=O)c1ccccc1N1CCOCC1)c1ccccc1F. The number of carbonyl (C=O) groups excluding carboxylic acids is 2. The van der Waals surface area contributed by atoms with Gasteiger partial charge in [0.2, 0.25) is 0 Å². The zero-order valence-electron chi connectivity index (χ0n) is 13.5. The van der Waals surface area contributed by atoms with Gasteiger partial charge < -0.3 is 9.64 Å². The first kappa shape index (κ1) is 16.9. The molecule has 0 bridgehead atoms. The van der Waals surface area contributed by atoms with Gasteiger partial charge in [0.1, 0.15) is 5.82 Å². The van der Waals surface area contributed by atoms with Crippen LogP contribution in [0.3, 0.4) is 0 Å². The highest BCUT2D eigenvalue weighted by atomic mass is 19.1. The summed E-state index contributed by atoms with van der Waals surface area (Å²) in [6, 6.07) is 12.7. The van der Waals surface area contributed by atoms with Crippen molar-refractivity contribution < 1.29 is 18.7 Å². The average Bonchev–Trinajstić information content (AvgIpc) is 2.67. The lowest BCUT2D eigenvalue weighted by atomic mass is 10.1. The van der Waals surface area contributed by atoms with Crippen LogP contribution in [-0.2, 0) is 4.74 Å². The number of nitrogens with zero attached hydrogens (tertiary/aromatic N) is 1. The van der Waals surface area contributed by atoms with E-state index in [4.69, 9.17) is 4.74 Å². The van der Waals surface area contributed by atoms with Gasteiger partial charge in [-0.05, 0) is 24.3 Å². The number of para-hydroxylation sites is 1. The molecule has 2 aromatic carbocycles. The monoisotopic (exact) mass is 343 g/mol. The van der Waals surface area contributed by atoms with Gasteiger partial charge >= 0.3 is 0 Å². The first-order valence-corrected chi connectivity index (χ1v) is 7.94. The van der Waals surface area contributed by atoms with Gasteiger partial charge in [0.05, 0.1) is 24.3 Å². The van der Waals surface area contributed by atoms with Crippen LogP contribution in [0.15, 0.2) is 48.5 Å². The number of hydrogen-bond donors (Lipinski definition) is 2. The molecular weight excluding hydrogens is 325 g/mol. The Bertz CT molecular complexity index is 776. The first-order chi connectivity index (χ1) is 12.2. The van der Waals surface area contributed by atoms with Crippen LogP contribution in [0, 0.1) is 5.82 Å². The molecule has 6 nitrogen and oxygen atoms in total. The number of rotatable bonds is 3. The highest BCUT2D eigenvalue weighted by Crippen LogP contribution is 2.21. The summed E-state index contributed by atoms with van der Waals surface area (Å²) in [5.41, 5.74) is 5.65. The maximum absolute atomic E-state index is 13.6. The van der Waals surface area contributed by atoms with Crippen molar-refractivity contribution in [3.63, 3.8) is 0 Å². The molecule has 2 N–H and O–H groups in total. The Hall–Kier alpha value is -2.93. The van der Waals surface area contributed by atoms with Crippen molar-refractivity contribution in [1.29, 1.82) is 0 Å². The molecule has 2 amide bonds. The lowest BCUT2D eigenvalue weighted by molar-refractivity contribution is 0.0844. The molecule has 0 atom stereocenters. The molecule has 0 unspecified atom stereocenters. The number of anilines is 1. The Kier molecular flexibility index (Phi) is 5.25. The van der Waals surface area contributed by atoms with Crippen LogP contribution in [-0.4, -0.2) is 38.1 Å². The Morgan fingerprint density at radius 3 is 2.12 bits per heavy atom. The third-order valence-corrected chi connectivity index (χ3v) is 3.91. The van der Waals surface area contributed by atoms with Gasteiger partial charge in [0.15, 0.2) is 0 Å². The highest BCUT2D eigenvalue weighted by molar-refractivity contribution is 6.02. The molecule has 1 aliphatic heterocycles. The number of morpholine rings is 1. The summed E-state index contributed by atoms with van der Waals surface area (Å²) in [5.74, 6) is -1.83. The number of carbonyl (C=O) groups is 2. The summed E-state index contributed by atoms with van der Waals surface area (Å²) in [6.45, 7) is 2.57. The Morgan fingerprint density at radius 1 is 0.880 bits per heavy atom. The quantitative estimate of drug-likeness (QED) is 0.833. The molecular formula is C18H18FN3O3. The van der Waals surface area contributed by atoms with Gasteiger partial charge in [0.25, 0.3) is 11.8 Å². The van der Waals surface area contributed by atoms with E-state index < -0.39 is 17.6 Å². The largest absolute Gasteiger partial charge is 0.378 e. The van der Waals surface area contributed by atoms with Crippen LogP contribution < -0.4 is 15.8 Å². The van der Waals surface area contributed by atoms with Crippen molar-refractivity contribution in [3.05, 3.63) is 65.5 Å². The van der Waals surface area contributed by atoms with Gasteiger partial charge in [-0.2, -0.15) is 0 Å². The van der Waals surface area contributed by atoms with Crippen LogP contribution >= 0.6 is 0 Å². The number of ether oxygens (including phenoxy) is 1.